The van der Waals surface area contributed by atoms with E-state index < -0.39 is 0 Å². The maximum absolute atomic E-state index is 12.2. The van der Waals surface area contributed by atoms with Gasteiger partial charge < -0.3 is 13.6 Å². The van der Waals surface area contributed by atoms with Crippen molar-refractivity contribution in [3.8, 4) is 11.4 Å². The molecule has 0 N–H and O–H groups in total. The van der Waals surface area contributed by atoms with Crippen LogP contribution in [0.25, 0.3) is 11.4 Å². The van der Waals surface area contributed by atoms with Gasteiger partial charge in [-0.1, -0.05) is 11.8 Å². The normalized spacial score (nSPS) is 11.0. The number of aromatic nitrogens is 4. The number of Topliss-reactive ketones (excluding diaryl/α,β-unsaturated/α-hetero) is 1. The first kappa shape index (κ1) is 14.6. The lowest BCUT2D eigenvalue weighted by atomic mass is 10.2. The Morgan fingerprint density at radius 1 is 1.32 bits per heavy atom. The van der Waals surface area contributed by atoms with Gasteiger partial charge in [0.05, 0.1) is 23.3 Å². The van der Waals surface area contributed by atoms with Crippen molar-refractivity contribution >= 4 is 17.5 Å². The van der Waals surface area contributed by atoms with E-state index in [1.807, 2.05) is 54.5 Å². The third-order valence-electron chi connectivity index (χ3n) is 3.50. The Morgan fingerprint density at radius 2 is 2.14 bits per heavy atom. The number of carbonyl (C=O) groups excluding carboxylic acids is 1. The first-order valence-electron chi connectivity index (χ1n) is 6.79. The Balaban J connectivity index is 1.75. The van der Waals surface area contributed by atoms with Gasteiger partial charge in [-0.2, -0.15) is 0 Å². The second kappa shape index (κ2) is 5.84. The molecule has 0 bridgehead atoms. The van der Waals surface area contributed by atoms with Crippen LogP contribution in [0, 0.1) is 6.92 Å². The van der Waals surface area contributed by atoms with Gasteiger partial charge in [0.1, 0.15) is 5.76 Å². The highest BCUT2D eigenvalue weighted by Crippen LogP contribution is 2.26. The Bertz CT molecular complexity index is 815. The summed E-state index contributed by atoms with van der Waals surface area (Å²) >= 11 is 1.38. The van der Waals surface area contributed by atoms with E-state index in [4.69, 9.17) is 4.42 Å². The van der Waals surface area contributed by atoms with E-state index in [-0.39, 0.29) is 5.78 Å². The molecule has 0 aliphatic carbocycles. The number of rotatable bonds is 5. The highest BCUT2D eigenvalue weighted by atomic mass is 32.2. The molecule has 3 aromatic rings. The summed E-state index contributed by atoms with van der Waals surface area (Å²) in [5, 5.41) is 9.06. The third-order valence-corrected chi connectivity index (χ3v) is 4.52. The summed E-state index contributed by atoms with van der Waals surface area (Å²) in [6.45, 7) is 1.88. The Kier molecular flexibility index (Phi) is 3.89. The highest BCUT2D eigenvalue weighted by Gasteiger charge is 2.16. The van der Waals surface area contributed by atoms with Crippen LogP contribution < -0.4 is 0 Å². The summed E-state index contributed by atoms with van der Waals surface area (Å²) in [5.41, 5.74) is 1.61. The minimum atomic E-state index is 0.0709. The molecular formula is C15H16N4O2S. The average Bonchev–Trinajstić information content (AvgIpc) is 3.18. The quantitative estimate of drug-likeness (QED) is 0.535. The molecular weight excluding hydrogens is 300 g/mol. The standard InChI is InChI=1S/C15H16N4O2S/c1-10-11(6-8-21-10)14-16-17-15(19(14)3)22-9-13(20)12-5-4-7-18(12)2/h4-8H,9H2,1-3H3. The maximum atomic E-state index is 12.2. The van der Waals surface area contributed by atoms with Gasteiger partial charge >= 0.3 is 0 Å². The molecule has 0 atom stereocenters. The van der Waals surface area contributed by atoms with Gasteiger partial charge in [0.15, 0.2) is 16.8 Å². The molecule has 7 heteroatoms. The first-order chi connectivity index (χ1) is 10.6. The Hall–Kier alpha value is -2.28. The summed E-state index contributed by atoms with van der Waals surface area (Å²) < 4.78 is 8.99. The number of furan rings is 1. The van der Waals surface area contributed by atoms with E-state index >= 15 is 0 Å². The summed E-state index contributed by atoms with van der Waals surface area (Å²) in [6.07, 6.45) is 3.49. The van der Waals surface area contributed by atoms with Crippen molar-refractivity contribution < 1.29 is 9.21 Å². The predicted molar refractivity (Wildman–Crippen MR) is 83.9 cm³/mol. The van der Waals surface area contributed by atoms with Crippen LogP contribution >= 0.6 is 11.8 Å². The molecule has 0 amide bonds. The van der Waals surface area contributed by atoms with Gasteiger partial charge in [0.2, 0.25) is 0 Å². The van der Waals surface area contributed by atoms with Crippen molar-refractivity contribution in [1.82, 2.24) is 19.3 Å². The lowest BCUT2D eigenvalue weighted by Crippen LogP contribution is -2.08. The zero-order valence-electron chi connectivity index (χ0n) is 12.6. The van der Waals surface area contributed by atoms with E-state index in [0.717, 1.165) is 17.1 Å². The van der Waals surface area contributed by atoms with Gasteiger partial charge in [-0.3, -0.25) is 4.79 Å². The number of carbonyl (C=O) groups is 1. The lowest BCUT2D eigenvalue weighted by molar-refractivity contribution is 0.101. The van der Waals surface area contributed by atoms with Crippen molar-refractivity contribution in [2.75, 3.05) is 5.75 Å². The van der Waals surface area contributed by atoms with Gasteiger partial charge in [-0.15, -0.1) is 10.2 Å². The van der Waals surface area contributed by atoms with E-state index in [1.54, 1.807) is 6.26 Å². The van der Waals surface area contributed by atoms with Crippen LogP contribution in [0.3, 0.4) is 0 Å². The number of thioether (sulfide) groups is 1. The summed E-state index contributed by atoms with van der Waals surface area (Å²) in [5.74, 6) is 1.93. The SMILES string of the molecule is Cc1occc1-c1nnc(SCC(=O)c2cccn2C)n1C. The minimum Gasteiger partial charge on any atom is -0.469 e. The molecule has 0 saturated heterocycles. The topological polar surface area (TPSA) is 65.8 Å². The summed E-state index contributed by atoms with van der Waals surface area (Å²) in [7, 11) is 3.75. The van der Waals surface area contributed by atoms with E-state index in [9.17, 15) is 4.79 Å². The molecule has 0 aliphatic heterocycles. The van der Waals surface area contributed by atoms with Crippen molar-refractivity contribution in [2.45, 2.75) is 12.1 Å². The highest BCUT2D eigenvalue weighted by molar-refractivity contribution is 7.99. The van der Waals surface area contributed by atoms with E-state index in [1.165, 1.54) is 11.8 Å². The van der Waals surface area contributed by atoms with Crippen LogP contribution in [0.1, 0.15) is 16.2 Å². The number of ketones is 1. The molecule has 0 radical (unpaired) electrons. The molecule has 3 aromatic heterocycles. The third kappa shape index (κ3) is 2.59. The molecule has 0 saturated carbocycles. The van der Waals surface area contributed by atoms with Gasteiger partial charge in [0.25, 0.3) is 0 Å². The first-order valence-corrected chi connectivity index (χ1v) is 7.77. The second-order valence-corrected chi connectivity index (χ2v) is 5.91. The molecule has 6 nitrogen and oxygen atoms in total. The molecule has 114 valence electrons. The van der Waals surface area contributed by atoms with Gasteiger partial charge in [0, 0.05) is 20.3 Å². The smallest absolute Gasteiger partial charge is 0.191 e. The fourth-order valence-corrected chi connectivity index (χ4v) is 3.03. The van der Waals surface area contributed by atoms with Crippen LogP contribution in [0.5, 0.6) is 0 Å². The van der Waals surface area contributed by atoms with Crippen molar-refractivity contribution in [2.24, 2.45) is 14.1 Å². The average molecular weight is 316 g/mol. The van der Waals surface area contributed by atoms with E-state index in [2.05, 4.69) is 10.2 Å². The Morgan fingerprint density at radius 3 is 2.77 bits per heavy atom. The molecule has 0 aliphatic rings. The van der Waals surface area contributed by atoms with Crippen LogP contribution in [0.4, 0.5) is 0 Å². The van der Waals surface area contributed by atoms with Crippen LogP contribution in [-0.2, 0) is 14.1 Å². The number of hydrogen-bond acceptors (Lipinski definition) is 5. The molecule has 3 rings (SSSR count). The largest absolute Gasteiger partial charge is 0.469 e. The van der Waals surface area contributed by atoms with Crippen molar-refractivity contribution in [1.29, 1.82) is 0 Å². The zero-order chi connectivity index (χ0) is 15.7. The Labute approximate surface area is 132 Å². The fraction of sp³-hybridized carbons (Fsp3) is 0.267. The molecule has 0 spiro atoms. The molecule has 22 heavy (non-hydrogen) atoms. The molecule has 3 heterocycles. The maximum Gasteiger partial charge on any atom is 0.191 e. The minimum absolute atomic E-state index is 0.0709. The number of aryl methyl sites for hydroxylation is 2. The lowest BCUT2D eigenvalue weighted by Gasteiger charge is -2.04. The monoisotopic (exact) mass is 316 g/mol. The van der Waals surface area contributed by atoms with E-state index in [0.29, 0.717) is 16.6 Å². The van der Waals surface area contributed by atoms with Crippen LogP contribution in [-0.4, -0.2) is 30.9 Å². The van der Waals surface area contributed by atoms with Crippen molar-refractivity contribution in [3.63, 3.8) is 0 Å². The predicted octanol–water partition coefficient (Wildman–Crippen LogP) is 2.70. The summed E-state index contributed by atoms with van der Waals surface area (Å²) in [4.78, 5) is 12.2. The number of nitrogens with zero attached hydrogens (tertiary/aromatic N) is 4. The van der Waals surface area contributed by atoms with Gasteiger partial charge in [-0.05, 0) is 25.1 Å². The molecule has 0 fully saturated rings. The zero-order valence-corrected chi connectivity index (χ0v) is 13.4. The van der Waals surface area contributed by atoms with Gasteiger partial charge in [-0.25, -0.2) is 0 Å². The molecule has 0 unspecified atom stereocenters. The second-order valence-electron chi connectivity index (χ2n) is 4.97. The summed E-state index contributed by atoms with van der Waals surface area (Å²) in [6, 6.07) is 5.54. The van der Waals surface area contributed by atoms with Crippen LogP contribution in [0.2, 0.25) is 0 Å². The van der Waals surface area contributed by atoms with Crippen molar-refractivity contribution in [3.05, 3.63) is 42.1 Å². The fourth-order valence-electron chi connectivity index (χ4n) is 2.25. The molecule has 0 aromatic carbocycles. The number of hydrogen-bond donors (Lipinski definition) is 0. The van der Waals surface area contributed by atoms with Crippen LogP contribution in [0.15, 0.2) is 40.2 Å².